The summed E-state index contributed by atoms with van der Waals surface area (Å²) in [5.41, 5.74) is -1.57. The summed E-state index contributed by atoms with van der Waals surface area (Å²) in [7, 11) is 0. The van der Waals surface area contributed by atoms with Gasteiger partial charge in [-0.25, -0.2) is 9.78 Å². The highest BCUT2D eigenvalue weighted by atomic mass is 17.3. The number of rotatable bonds is 2. The average molecular weight is 328 g/mol. The van der Waals surface area contributed by atoms with Crippen molar-refractivity contribution in [2.45, 2.75) is 82.9 Å². The maximum absolute atomic E-state index is 11.0. The Morgan fingerprint density at radius 1 is 1.17 bits per heavy atom. The monoisotopic (exact) mass is 328 g/mol. The van der Waals surface area contributed by atoms with Gasteiger partial charge in [0, 0.05) is 30.8 Å². The zero-order valence-electron chi connectivity index (χ0n) is 14.4. The SMILES string of the molecule is CCO[C@H]1O[C@@H]2O[C@@]3(C)CC[C@@H]4[C@]2(OO3)[C@@H](CC[C@]4(C)O)[C@H]1C. The zero-order valence-corrected chi connectivity index (χ0v) is 14.4. The van der Waals surface area contributed by atoms with Gasteiger partial charge < -0.3 is 19.3 Å². The van der Waals surface area contributed by atoms with E-state index in [0.717, 1.165) is 19.3 Å². The Labute approximate surface area is 137 Å². The lowest BCUT2D eigenvalue weighted by atomic mass is 9.56. The standard InChI is InChI=1S/C17H28O6/c1-5-19-13-10(2)11-6-8-15(3,18)12-7-9-16(4)21-14(20-13)17(11,12)23-22-16/h10-14,18H,5-9H2,1-4H3/t10-,11+,12+,13+,14-,15+,16-,17-/m1/s1. The van der Waals surface area contributed by atoms with Gasteiger partial charge in [-0.1, -0.05) is 6.92 Å². The molecule has 23 heavy (non-hydrogen) atoms. The molecule has 0 amide bonds. The minimum atomic E-state index is -0.828. The highest BCUT2D eigenvalue weighted by Crippen LogP contribution is 2.61. The van der Waals surface area contributed by atoms with Crippen molar-refractivity contribution in [1.82, 2.24) is 0 Å². The van der Waals surface area contributed by atoms with E-state index < -0.39 is 23.3 Å². The topological polar surface area (TPSA) is 66.4 Å². The molecular weight excluding hydrogens is 300 g/mol. The third-order valence-electron chi connectivity index (χ3n) is 6.46. The molecule has 4 aliphatic heterocycles. The molecule has 1 aliphatic carbocycles. The van der Waals surface area contributed by atoms with Crippen molar-refractivity contribution >= 4 is 0 Å². The Hall–Kier alpha value is -0.240. The maximum atomic E-state index is 11.0. The number of ether oxygens (including phenoxy) is 3. The second-order valence-electron chi connectivity index (χ2n) is 8.02. The second-order valence-corrected chi connectivity index (χ2v) is 8.02. The molecule has 6 nitrogen and oxygen atoms in total. The summed E-state index contributed by atoms with van der Waals surface area (Å²) in [4.78, 5) is 11.7. The first-order valence-corrected chi connectivity index (χ1v) is 8.86. The Bertz CT molecular complexity index is 482. The number of hydrogen-bond donors (Lipinski definition) is 1. The maximum Gasteiger partial charge on any atom is 0.201 e. The van der Waals surface area contributed by atoms with Crippen LogP contribution in [0.1, 0.15) is 53.4 Å². The predicted molar refractivity (Wildman–Crippen MR) is 79.9 cm³/mol. The predicted octanol–water partition coefficient (Wildman–Crippen LogP) is 2.35. The fourth-order valence-electron chi connectivity index (χ4n) is 5.23. The van der Waals surface area contributed by atoms with Crippen LogP contribution in [0.2, 0.25) is 0 Å². The molecule has 1 saturated carbocycles. The van der Waals surface area contributed by atoms with Crippen LogP contribution in [0.4, 0.5) is 0 Å². The highest BCUT2D eigenvalue weighted by Gasteiger charge is 2.72. The van der Waals surface area contributed by atoms with Gasteiger partial charge >= 0.3 is 0 Å². The third kappa shape index (κ3) is 2.16. The van der Waals surface area contributed by atoms with Crippen molar-refractivity contribution in [3.63, 3.8) is 0 Å². The van der Waals surface area contributed by atoms with Gasteiger partial charge in [0.1, 0.15) is 0 Å². The fraction of sp³-hybridized carbons (Fsp3) is 1.00. The zero-order chi connectivity index (χ0) is 16.5. The van der Waals surface area contributed by atoms with Crippen LogP contribution in [0.25, 0.3) is 0 Å². The lowest BCUT2D eigenvalue weighted by molar-refractivity contribution is -0.579. The van der Waals surface area contributed by atoms with E-state index in [1.165, 1.54) is 0 Å². The van der Waals surface area contributed by atoms with E-state index in [1.807, 2.05) is 20.8 Å². The minimum Gasteiger partial charge on any atom is -0.390 e. The van der Waals surface area contributed by atoms with Crippen LogP contribution < -0.4 is 0 Å². The molecule has 1 N–H and O–H groups in total. The smallest absolute Gasteiger partial charge is 0.201 e. The Morgan fingerprint density at radius 2 is 1.96 bits per heavy atom. The number of fused-ring (bicyclic) bond motifs is 2. The molecule has 0 aromatic heterocycles. The van der Waals surface area contributed by atoms with Crippen LogP contribution in [-0.4, -0.2) is 41.3 Å². The molecule has 5 rings (SSSR count). The molecule has 4 saturated heterocycles. The second kappa shape index (κ2) is 5.13. The summed E-state index contributed by atoms with van der Waals surface area (Å²) >= 11 is 0. The van der Waals surface area contributed by atoms with Gasteiger partial charge in [0.2, 0.25) is 5.79 Å². The lowest BCUT2D eigenvalue weighted by Crippen LogP contribution is -2.73. The molecule has 1 spiro atoms. The molecule has 132 valence electrons. The lowest BCUT2D eigenvalue weighted by Gasteiger charge is -2.61. The van der Waals surface area contributed by atoms with Crippen molar-refractivity contribution in [2.75, 3.05) is 6.61 Å². The first-order valence-electron chi connectivity index (χ1n) is 8.86. The van der Waals surface area contributed by atoms with Gasteiger partial charge in [0.15, 0.2) is 18.2 Å². The normalized spacial score (nSPS) is 58.6. The minimum absolute atomic E-state index is 0.0758. The van der Waals surface area contributed by atoms with Crippen molar-refractivity contribution in [3.8, 4) is 0 Å². The van der Waals surface area contributed by atoms with Crippen LogP contribution in [0.15, 0.2) is 0 Å². The third-order valence-corrected chi connectivity index (χ3v) is 6.46. The largest absolute Gasteiger partial charge is 0.390 e. The number of aliphatic hydroxyl groups is 1. The Balaban J connectivity index is 1.78. The summed E-state index contributed by atoms with van der Waals surface area (Å²) in [5.74, 6) is -0.580. The van der Waals surface area contributed by atoms with Gasteiger partial charge in [-0.3, -0.25) is 0 Å². The summed E-state index contributed by atoms with van der Waals surface area (Å²) < 4.78 is 18.2. The summed E-state index contributed by atoms with van der Waals surface area (Å²) in [6.07, 6.45) is 2.19. The molecule has 5 fully saturated rings. The summed E-state index contributed by atoms with van der Waals surface area (Å²) in [6.45, 7) is 8.48. The first kappa shape index (κ1) is 16.2. The molecule has 2 bridgehead atoms. The first-order chi connectivity index (χ1) is 10.8. The molecule has 4 heterocycles. The van der Waals surface area contributed by atoms with E-state index in [9.17, 15) is 5.11 Å². The molecular formula is C17H28O6. The molecule has 0 unspecified atom stereocenters. The molecule has 6 heteroatoms. The average Bonchev–Trinajstić information content (AvgIpc) is 2.71. The van der Waals surface area contributed by atoms with Crippen molar-refractivity contribution in [1.29, 1.82) is 0 Å². The van der Waals surface area contributed by atoms with Gasteiger partial charge in [0.25, 0.3) is 0 Å². The molecule has 8 atom stereocenters. The van der Waals surface area contributed by atoms with Crippen LogP contribution >= 0.6 is 0 Å². The van der Waals surface area contributed by atoms with Crippen molar-refractivity contribution < 1.29 is 29.1 Å². The Morgan fingerprint density at radius 3 is 2.70 bits per heavy atom. The molecule has 5 aliphatic rings. The van der Waals surface area contributed by atoms with Gasteiger partial charge in [-0.2, -0.15) is 0 Å². The van der Waals surface area contributed by atoms with E-state index in [-0.39, 0.29) is 24.0 Å². The summed E-state index contributed by atoms with van der Waals surface area (Å²) in [5, 5.41) is 11.0. The van der Waals surface area contributed by atoms with E-state index in [0.29, 0.717) is 13.0 Å². The van der Waals surface area contributed by atoms with E-state index in [1.54, 1.807) is 0 Å². The Kier molecular flexibility index (Phi) is 3.62. The van der Waals surface area contributed by atoms with Gasteiger partial charge in [0.05, 0.1) is 5.60 Å². The van der Waals surface area contributed by atoms with Crippen molar-refractivity contribution in [3.05, 3.63) is 0 Å². The van der Waals surface area contributed by atoms with E-state index >= 15 is 0 Å². The van der Waals surface area contributed by atoms with Gasteiger partial charge in [-0.05, 0) is 40.0 Å². The van der Waals surface area contributed by atoms with Crippen LogP contribution in [-0.2, 0) is 24.0 Å². The van der Waals surface area contributed by atoms with Crippen LogP contribution in [0.5, 0.6) is 0 Å². The van der Waals surface area contributed by atoms with E-state index in [4.69, 9.17) is 24.0 Å². The molecule has 0 aromatic carbocycles. The van der Waals surface area contributed by atoms with Crippen molar-refractivity contribution in [2.24, 2.45) is 17.8 Å². The van der Waals surface area contributed by atoms with Crippen LogP contribution in [0, 0.1) is 17.8 Å². The quantitative estimate of drug-likeness (QED) is 0.785. The highest BCUT2D eigenvalue weighted by molar-refractivity contribution is 5.13. The van der Waals surface area contributed by atoms with E-state index in [2.05, 4.69) is 6.92 Å². The van der Waals surface area contributed by atoms with Crippen LogP contribution in [0.3, 0.4) is 0 Å². The summed E-state index contributed by atoms with van der Waals surface area (Å²) in [6, 6.07) is 0. The molecule has 0 radical (unpaired) electrons. The molecule has 0 aromatic rings. The fourth-order valence-corrected chi connectivity index (χ4v) is 5.23. The van der Waals surface area contributed by atoms with Gasteiger partial charge in [-0.15, -0.1) is 0 Å². The number of hydrogen-bond acceptors (Lipinski definition) is 6.